The second kappa shape index (κ2) is 5.20. The van der Waals surface area contributed by atoms with E-state index in [1.807, 2.05) is 13.8 Å². The van der Waals surface area contributed by atoms with Crippen LogP contribution in [0.4, 0.5) is 0 Å². The van der Waals surface area contributed by atoms with Crippen molar-refractivity contribution in [2.45, 2.75) is 69.9 Å². The lowest BCUT2D eigenvalue weighted by molar-refractivity contribution is -0.231. The zero-order chi connectivity index (χ0) is 12.5. The van der Waals surface area contributed by atoms with Crippen LogP contribution in [-0.4, -0.2) is 47.2 Å². The Bertz CT molecular complexity index is 253. The smallest absolute Gasteiger partial charge is 0.184 e. The highest BCUT2D eigenvalue weighted by molar-refractivity contribution is 4.89. The van der Waals surface area contributed by atoms with E-state index < -0.39 is 18.2 Å². The van der Waals surface area contributed by atoms with Crippen molar-refractivity contribution in [3.8, 4) is 0 Å². The highest BCUT2D eigenvalue weighted by Crippen LogP contribution is 2.39. The number of rotatable bonds is 3. The van der Waals surface area contributed by atoms with Crippen LogP contribution >= 0.6 is 0 Å². The molecule has 0 aliphatic carbocycles. The molecule has 5 heteroatoms. The lowest BCUT2D eigenvalue weighted by Crippen LogP contribution is -2.37. The number of hydrogen-bond acceptors (Lipinski definition) is 5. The average molecular weight is 246 g/mol. The Morgan fingerprint density at radius 3 is 2.47 bits per heavy atom. The van der Waals surface area contributed by atoms with E-state index in [0.29, 0.717) is 6.42 Å². The zero-order valence-electron chi connectivity index (χ0n) is 10.5. The van der Waals surface area contributed by atoms with Gasteiger partial charge in [0, 0.05) is 0 Å². The summed E-state index contributed by atoms with van der Waals surface area (Å²) in [6.07, 6.45) is 1.03. The van der Waals surface area contributed by atoms with Gasteiger partial charge >= 0.3 is 0 Å². The normalized spacial score (nSPS) is 40.9. The molecule has 0 bridgehead atoms. The lowest BCUT2D eigenvalue weighted by Gasteiger charge is -2.27. The van der Waals surface area contributed by atoms with Gasteiger partial charge in [0.25, 0.3) is 0 Å². The largest absolute Gasteiger partial charge is 0.394 e. The molecule has 2 saturated heterocycles. The molecule has 0 aromatic rings. The molecule has 0 spiro atoms. The van der Waals surface area contributed by atoms with Crippen molar-refractivity contribution < 1.29 is 24.4 Å². The molecule has 0 saturated carbocycles. The first-order chi connectivity index (χ1) is 8.14. The summed E-state index contributed by atoms with van der Waals surface area (Å²) in [6.45, 7) is 3.94. The highest BCUT2D eigenvalue weighted by atomic mass is 16.8. The van der Waals surface area contributed by atoms with Gasteiger partial charge in [-0.1, -0.05) is 13.8 Å². The third-order valence-electron chi connectivity index (χ3n) is 3.75. The second-order valence-corrected chi connectivity index (χ2v) is 4.77. The summed E-state index contributed by atoms with van der Waals surface area (Å²) in [5, 5.41) is 19.0. The minimum Gasteiger partial charge on any atom is -0.394 e. The fourth-order valence-electron chi connectivity index (χ4n) is 2.57. The summed E-state index contributed by atoms with van der Waals surface area (Å²) >= 11 is 0. The van der Waals surface area contributed by atoms with Gasteiger partial charge in [0.05, 0.1) is 18.8 Å². The van der Waals surface area contributed by atoms with Gasteiger partial charge < -0.3 is 24.4 Å². The van der Waals surface area contributed by atoms with E-state index in [0.717, 1.165) is 19.3 Å². The van der Waals surface area contributed by atoms with E-state index in [9.17, 15) is 5.11 Å². The summed E-state index contributed by atoms with van der Waals surface area (Å²) in [5.41, 5.74) is 0. The fraction of sp³-hybridized carbons (Fsp3) is 1.00. The molecular weight excluding hydrogens is 224 g/mol. The maximum Gasteiger partial charge on any atom is 0.184 e. The van der Waals surface area contributed by atoms with Gasteiger partial charge in [-0.25, -0.2) is 0 Å². The van der Waals surface area contributed by atoms with Crippen molar-refractivity contribution in [1.82, 2.24) is 0 Å². The van der Waals surface area contributed by atoms with E-state index >= 15 is 0 Å². The van der Waals surface area contributed by atoms with Crippen LogP contribution in [0.2, 0.25) is 0 Å². The summed E-state index contributed by atoms with van der Waals surface area (Å²) in [7, 11) is 0. The molecule has 0 aromatic carbocycles. The Balaban J connectivity index is 2.07. The van der Waals surface area contributed by atoms with Crippen molar-refractivity contribution >= 4 is 0 Å². The molecule has 2 N–H and O–H groups in total. The molecule has 2 aliphatic heterocycles. The quantitative estimate of drug-likeness (QED) is 0.770. The van der Waals surface area contributed by atoms with Gasteiger partial charge in [-0.3, -0.25) is 0 Å². The standard InChI is InChI=1S/C12H22O5/c1-3-12(4-2)16-9-6-5-8(7-13)15-11(14)10(9)17-12/h8-11,13-14H,3-7H2,1-2H3/t8-,9+,10+,11?/m0/s1. The zero-order valence-corrected chi connectivity index (χ0v) is 10.5. The van der Waals surface area contributed by atoms with Crippen molar-refractivity contribution in [3.63, 3.8) is 0 Å². The van der Waals surface area contributed by atoms with Crippen molar-refractivity contribution in [2.24, 2.45) is 0 Å². The van der Waals surface area contributed by atoms with Crippen LogP contribution in [0, 0.1) is 0 Å². The van der Waals surface area contributed by atoms with E-state index in [1.54, 1.807) is 0 Å². The number of aliphatic hydroxyl groups is 2. The molecular formula is C12H22O5. The Morgan fingerprint density at radius 2 is 1.88 bits per heavy atom. The fourth-order valence-corrected chi connectivity index (χ4v) is 2.57. The van der Waals surface area contributed by atoms with Crippen molar-refractivity contribution in [2.75, 3.05) is 6.61 Å². The van der Waals surface area contributed by atoms with Crippen LogP contribution in [0.25, 0.3) is 0 Å². The molecule has 2 rings (SSSR count). The van der Waals surface area contributed by atoms with Gasteiger partial charge in [-0.2, -0.15) is 0 Å². The predicted octanol–water partition coefficient (Wildman–Crippen LogP) is 0.776. The van der Waals surface area contributed by atoms with Gasteiger partial charge in [-0.05, 0) is 25.7 Å². The number of aliphatic hydroxyl groups excluding tert-OH is 2. The third kappa shape index (κ3) is 2.48. The van der Waals surface area contributed by atoms with Crippen molar-refractivity contribution in [1.29, 1.82) is 0 Å². The predicted molar refractivity (Wildman–Crippen MR) is 60.3 cm³/mol. The third-order valence-corrected chi connectivity index (χ3v) is 3.75. The molecule has 100 valence electrons. The number of ether oxygens (including phenoxy) is 3. The summed E-state index contributed by atoms with van der Waals surface area (Å²) in [5.74, 6) is -0.578. The first-order valence-electron chi connectivity index (χ1n) is 6.44. The Labute approximate surface area is 102 Å². The molecule has 5 nitrogen and oxygen atoms in total. The topological polar surface area (TPSA) is 68.2 Å². The number of hydrogen-bond donors (Lipinski definition) is 2. The first kappa shape index (κ1) is 13.2. The van der Waals surface area contributed by atoms with E-state index in [4.69, 9.17) is 19.3 Å². The van der Waals surface area contributed by atoms with Crippen LogP contribution in [-0.2, 0) is 14.2 Å². The molecule has 2 heterocycles. The number of fused-ring (bicyclic) bond motifs is 1. The van der Waals surface area contributed by atoms with Crippen LogP contribution in [0.3, 0.4) is 0 Å². The summed E-state index contributed by atoms with van der Waals surface area (Å²) in [4.78, 5) is 0. The lowest BCUT2D eigenvalue weighted by atomic mass is 10.1. The first-order valence-corrected chi connectivity index (χ1v) is 6.44. The Morgan fingerprint density at radius 1 is 1.18 bits per heavy atom. The minimum absolute atomic E-state index is 0.0802. The van der Waals surface area contributed by atoms with E-state index in [1.165, 1.54) is 0 Å². The molecule has 2 aliphatic rings. The SMILES string of the molecule is CCC1(CC)O[C@@H]2CC[C@@H](CO)OC(O)[C@@H]2O1. The van der Waals surface area contributed by atoms with Gasteiger partial charge in [0.15, 0.2) is 12.1 Å². The van der Waals surface area contributed by atoms with Crippen molar-refractivity contribution in [3.05, 3.63) is 0 Å². The minimum atomic E-state index is -1.01. The van der Waals surface area contributed by atoms with Crippen LogP contribution in [0.15, 0.2) is 0 Å². The maximum absolute atomic E-state index is 9.95. The summed E-state index contributed by atoms with van der Waals surface area (Å²) < 4.78 is 17.2. The van der Waals surface area contributed by atoms with Crippen LogP contribution in [0.5, 0.6) is 0 Å². The Hall–Kier alpha value is -0.200. The molecule has 2 fully saturated rings. The maximum atomic E-state index is 9.95. The molecule has 17 heavy (non-hydrogen) atoms. The van der Waals surface area contributed by atoms with Crippen LogP contribution < -0.4 is 0 Å². The van der Waals surface area contributed by atoms with Gasteiger partial charge in [0.2, 0.25) is 0 Å². The molecule has 0 aromatic heterocycles. The van der Waals surface area contributed by atoms with Crippen LogP contribution in [0.1, 0.15) is 39.5 Å². The second-order valence-electron chi connectivity index (χ2n) is 4.77. The van der Waals surface area contributed by atoms with E-state index in [2.05, 4.69) is 0 Å². The molecule has 0 amide bonds. The highest BCUT2D eigenvalue weighted by Gasteiger charge is 2.50. The molecule has 0 radical (unpaired) electrons. The molecule has 4 atom stereocenters. The molecule has 1 unspecified atom stereocenters. The summed E-state index contributed by atoms with van der Waals surface area (Å²) in [6, 6.07) is 0. The van der Waals surface area contributed by atoms with Gasteiger partial charge in [-0.15, -0.1) is 0 Å². The van der Waals surface area contributed by atoms with E-state index in [-0.39, 0.29) is 18.8 Å². The van der Waals surface area contributed by atoms with Gasteiger partial charge in [0.1, 0.15) is 6.10 Å². The average Bonchev–Trinajstić information content (AvgIpc) is 2.67. The monoisotopic (exact) mass is 246 g/mol. The Kier molecular flexibility index (Phi) is 4.05.